The van der Waals surface area contributed by atoms with Crippen molar-refractivity contribution in [3.63, 3.8) is 0 Å². The lowest BCUT2D eigenvalue weighted by atomic mass is 9.94. The third kappa shape index (κ3) is 7.69. The van der Waals surface area contributed by atoms with Crippen LogP contribution in [-0.4, -0.2) is 62.7 Å². The fourth-order valence-electron chi connectivity index (χ4n) is 4.46. The number of benzene rings is 3. The molecule has 0 aromatic heterocycles. The summed E-state index contributed by atoms with van der Waals surface area (Å²) in [5.74, 6) is 0. The molecule has 1 N–H and O–H groups in total. The molecule has 0 saturated carbocycles. The molecule has 1 fully saturated rings. The number of methoxy groups -OCH3 is 2. The lowest BCUT2D eigenvalue weighted by Gasteiger charge is -2.46. The Kier molecular flexibility index (Phi) is 10.6. The van der Waals surface area contributed by atoms with E-state index in [1.165, 1.54) is 7.11 Å². The standard InChI is InChI=1S/C30H36O7/c1-32-21-25(31)26-27(34-18-22-12-6-3-7-13-22)28(35-19-23-14-8-4-9-15-23)29(30(33-2)37-26)36-20-24-16-10-5-11-17-24/h3-17,25-31H,18-21H2,1-2H3/t25-,26-,27-,28+,29-,30+/m1/s1. The van der Waals surface area contributed by atoms with Gasteiger partial charge in [0.2, 0.25) is 0 Å². The fraction of sp³-hybridized carbons (Fsp3) is 0.400. The Bertz CT molecular complexity index is 1020. The molecule has 1 heterocycles. The Balaban J connectivity index is 1.62. The predicted molar refractivity (Wildman–Crippen MR) is 139 cm³/mol. The highest BCUT2D eigenvalue weighted by Crippen LogP contribution is 2.32. The van der Waals surface area contributed by atoms with Crippen molar-refractivity contribution in [1.29, 1.82) is 0 Å². The fourth-order valence-corrected chi connectivity index (χ4v) is 4.46. The van der Waals surface area contributed by atoms with Crippen LogP contribution in [0.25, 0.3) is 0 Å². The van der Waals surface area contributed by atoms with E-state index in [0.717, 1.165) is 16.7 Å². The van der Waals surface area contributed by atoms with Crippen molar-refractivity contribution in [2.75, 3.05) is 20.8 Å². The molecule has 3 aromatic rings. The van der Waals surface area contributed by atoms with Crippen LogP contribution in [0.15, 0.2) is 91.0 Å². The van der Waals surface area contributed by atoms with Crippen molar-refractivity contribution in [1.82, 2.24) is 0 Å². The van der Waals surface area contributed by atoms with E-state index in [4.69, 9.17) is 28.4 Å². The van der Waals surface area contributed by atoms with Crippen molar-refractivity contribution >= 4 is 0 Å². The molecule has 37 heavy (non-hydrogen) atoms. The van der Waals surface area contributed by atoms with Crippen molar-refractivity contribution in [2.45, 2.75) is 56.6 Å². The van der Waals surface area contributed by atoms with Gasteiger partial charge in [-0.25, -0.2) is 0 Å². The first-order valence-electron chi connectivity index (χ1n) is 12.5. The van der Waals surface area contributed by atoms with Crippen LogP contribution in [0.2, 0.25) is 0 Å². The van der Waals surface area contributed by atoms with Gasteiger partial charge in [0.05, 0.1) is 26.4 Å². The maximum atomic E-state index is 11.0. The molecule has 1 aliphatic heterocycles. The predicted octanol–water partition coefficient (Wildman–Crippen LogP) is 4.12. The molecular formula is C30H36O7. The number of aliphatic hydroxyl groups is 1. The minimum atomic E-state index is -0.957. The molecule has 7 heteroatoms. The van der Waals surface area contributed by atoms with E-state index in [9.17, 15) is 5.11 Å². The van der Waals surface area contributed by atoms with E-state index in [0.29, 0.717) is 19.8 Å². The Morgan fingerprint density at radius 1 is 0.649 bits per heavy atom. The first-order chi connectivity index (χ1) is 18.2. The largest absolute Gasteiger partial charge is 0.388 e. The molecule has 1 aliphatic rings. The van der Waals surface area contributed by atoms with Crippen molar-refractivity contribution in [2.24, 2.45) is 0 Å². The van der Waals surface area contributed by atoms with E-state index in [1.807, 2.05) is 91.0 Å². The van der Waals surface area contributed by atoms with Gasteiger partial charge in [-0.15, -0.1) is 0 Å². The summed E-state index contributed by atoms with van der Waals surface area (Å²) in [6.45, 7) is 1.08. The highest BCUT2D eigenvalue weighted by molar-refractivity contribution is 5.15. The molecule has 0 radical (unpaired) electrons. The van der Waals surface area contributed by atoms with Crippen LogP contribution < -0.4 is 0 Å². The lowest BCUT2D eigenvalue weighted by Crippen LogP contribution is -2.63. The zero-order valence-corrected chi connectivity index (χ0v) is 21.3. The minimum absolute atomic E-state index is 0.0766. The topological polar surface area (TPSA) is 75.6 Å². The molecule has 0 unspecified atom stereocenters. The number of aliphatic hydroxyl groups excluding tert-OH is 1. The van der Waals surface area contributed by atoms with E-state index in [1.54, 1.807) is 7.11 Å². The molecule has 4 rings (SSSR count). The number of ether oxygens (including phenoxy) is 6. The van der Waals surface area contributed by atoms with Crippen LogP contribution in [-0.2, 0) is 48.2 Å². The van der Waals surface area contributed by atoms with Crippen LogP contribution in [0.4, 0.5) is 0 Å². The van der Waals surface area contributed by atoms with Crippen LogP contribution in [0.3, 0.4) is 0 Å². The summed E-state index contributed by atoms with van der Waals surface area (Å²) in [4.78, 5) is 0. The SMILES string of the molecule is COC[C@@H](O)[C@H]1O[C@H](OC)[C@H](OCc2ccccc2)[C@@H](OCc2ccccc2)[C@@H]1OCc1ccccc1. The van der Waals surface area contributed by atoms with Gasteiger partial charge in [0.1, 0.15) is 30.5 Å². The zero-order chi connectivity index (χ0) is 25.9. The second-order valence-corrected chi connectivity index (χ2v) is 9.01. The molecule has 0 spiro atoms. The normalized spacial score (nSPS) is 24.6. The quantitative estimate of drug-likeness (QED) is 0.372. The smallest absolute Gasteiger partial charge is 0.186 e. The Morgan fingerprint density at radius 3 is 1.51 bits per heavy atom. The summed E-state index contributed by atoms with van der Waals surface area (Å²) >= 11 is 0. The zero-order valence-electron chi connectivity index (χ0n) is 21.3. The summed E-state index contributed by atoms with van der Waals surface area (Å²) in [5, 5.41) is 11.0. The first-order valence-corrected chi connectivity index (χ1v) is 12.5. The van der Waals surface area contributed by atoms with Gasteiger partial charge in [-0.05, 0) is 16.7 Å². The van der Waals surface area contributed by atoms with E-state index in [2.05, 4.69) is 0 Å². The lowest BCUT2D eigenvalue weighted by molar-refractivity contribution is -0.330. The van der Waals surface area contributed by atoms with Crippen LogP contribution in [0.5, 0.6) is 0 Å². The number of rotatable bonds is 13. The third-order valence-corrected chi connectivity index (χ3v) is 6.34. The van der Waals surface area contributed by atoms with Gasteiger partial charge in [0.25, 0.3) is 0 Å². The Hall–Kier alpha value is -2.62. The van der Waals surface area contributed by atoms with Crippen molar-refractivity contribution < 1.29 is 33.5 Å². The van der Waals surface area contributed by atoms with Gasteiger partial charge >= 0.3 is 0 Å². The first kappa shape index (κ1) is 27.4. The van der Waals surface area contributed by atoms with Crippen LogP contribution >= 0.6 is 0 Å². The average molecular weight is 509 g/mol. The van der Waals surface area contributed by atoms with Crippen LogP contribution in [0.1, 0.15) is 16.7 Å². The Morgan fingerprint density at radius 2 is 1.08 bits per heavy atom. The maximum absolute atomic E-state index is 11.0. The molecule has 0 aliphatic carbocycles. The maximum Gasteiger partial charge on any atom is 0.186 e. The van der Waals surface area contributed by atoms with E-state index >= 15 is 0 Å². The van der Waals surface area contributed by atoms with Gasteiger partial charge in [-0.3, -0.25) is 0 Å². The summed E-state index contributed by atoms with van der Waals surface area (Å²) in [6.07, 6.45) is -4.35. The second-order valence-electron chi connectivity index (χ2n) is 9.01. The van der Waals surface area contributed by atoms with Crippen molar-refractivity contribution in [3.8, 4) is 0 Å². The summed E-state index contributed by atoms with van der Waals surface area (Å²) in [5.41, 5.74) is 3.03. The molecule has 1 saturated heterocycles. The molecule has 7 nitrogen and oxygen atoms in total. The summed E-state index contributed by atoms with van der Waals surface area (Å²) in [6, 6.07) is 29.7. The minimum Gasteiger partial charge on any atom is -0.388 e. The molecular weight excluding hydrogens is 472 g/mol. The Labute approximate surface area is 218 Å². The van der Waals surface area contributed by atoms with Gasteiger partial charge in [0.15, 0.2) is 6.29 Å². The van der Waals surface area contributed by atoms with Gasteiger partial charge in [-0.2, -0.15) is 0 Å². The summed E-state index contributed by atoms with van der Waals surface area (Å²) < 4.78 is 36.5. The molecule has 6 atom stereocenters. The molecule has 0 bridgehead atoms. The van der Waals surface area contributed by atoms with Crippen LogP contribution in [0, 0.1) is 0 Å². The van der Waals surface area contributed by atoms with Crippen molar-refractivity contribution in [3.05, 3.63) is 108 Å². The third-order valence-electron chi connectivity index (χ3n) is 6.34. The average Bonchev–Trinajstić information content (AvgIpc) is 2.95. The van der Waals surface area contributed by atoms with E-state index < -0.39 is 36.8 Å². The number of hydrogen-bond donors (Lipinski definition) is 1. The highest BCUT2D eigenvalue weighted by Gasteiger charge is 2.50. The second kappa shape index (κ2) is 14.4. The number of hydrogen-bond acceptors (Lipinski definition) is 7. The van der Waals surface area contributed by atoms with E-state index in [-0.39, 0.29) is 6.61 Å². The van der Waals surface area contributed by atoms with Gasteiger partial charge in [-0.1, -0.05) is 91.0 Å². The monoisotopic (exact) mass is 508 g/mol. The molecule has 0 amide bonds. The summed E-state index contributed by atoms with van der Waals surface area (Å²) in [7, 11) is 3.09. The molecule has 198 valence electrons. The highest BCUT2D eigenvalue weighted by atomic mass is 16.7. The van der Waals surface area contributed by atoms with Gasteiger partial charge < -0.3 is 33.5 Å². The molecule has 3 aromatic carbocycles. The van der Waals surface area contributed by atoms with Gasteiger partial charge in [0, 0.05) is 14.2 Å².